The van der Waals surface area contributed by atoms with Crippen LogP contribution in [0.5, 0.6) is 0 Å². The Bertz CT molecular complexity index is 583. The fraction of sp³-hybridized carbons (Fsp3) is 0.550. The van der Waals surface area contributed by atoms with Crippen LogP contribution in [0.25, 0.3) is 6.08 Å². The number of rotatable bonds is 8. The van der Waals surface area contributed by atoms with Gasteiger partial charge in [0.05, 0.1) is 19.8 Å². The van der Waals surface area contributed by atoms with Gasteiger partial charge in [-0.05, 0) is 49.2 Å². The van der Waals surface area contributed by atoms with E-state index < -0.39 is 14.3 Å². The standard InChI is InChI=1S/C20H32O4Si/c1-8-22-18(19(21)23-9-2)14-16-10-12-17(13-11-16)15-24-25(6,7)20(3,4)5/h10-14H,8-9,15H2,1-7H3. The summed E-state index contributed by atoms with van der Waals surface area (Å²) >= 11 is 0. The van der Waals surface area contributed by atoms with E-state index in [0.717, 1.165) is 11.1 Å². The lowest BCUT2D eigenvalue weighted by Crippen LogP contribution is -2.40. The zero-order valence-electron chi connectivity index (χ0n) is 16.6. The first-order chi connectivity index (χ1) is 11.6. The number of hydrogen-bond donors (Lipinski definition) is 0. The Kier molecular flexibility index (Phi) is 7.89. The Hall–Kier alpha value is -1.59. The second kappa shape index (κ2) is 9.20. The van der Waals surface area contributed by atoms with Crippen molar-refractivity contribution < 1.29 is 18.7 Å². The third kappa shape index (κ3) is 6.67. The first-order valence-electron chi connectivity index (χ1n) is 8.85. The molecule has 0 bridgehead atoms. The van der Waals surface area contributed by atoms with Gasteiger partial charge in [-0.1, -0.05) is 45.0 Å². The summed E-state index contributed by atoms with van der Waals surface area (Å²) in [4.78, 5) is 11.9. The van der Waals surface area contributed by atoms with Crippen LogP contribution in [0, 0.1) is 0 Å². The first kappa shape index (κ1) is 21.4. The topological polar surface area (TPSA) is 44.8 Å². The van der Waals surface area contributed by atoms with Crippen molar-refractivity contribution in [3.05, 3.63) is 41.2 Å². The Morgan fingerprint density at radius 3 is 2.08 bits per heavy atom. The largest absolute Gasteiger partial charge is 0.487 e. The quantitative estimate of drug-likeness (QED) is 0.277. The maximum atomic E-state index is 11.9. The summed E-state index contributed by atoms with van der Waals surface area (Å²) in [6, 6.07) is 7.96. The van der Waals surface area contributed by atoms with Crippen molar-refractivity contribution in [3.8, 4) is 0 Å². The Balaban J connectivity index is 2.81. The Labute approximate surface area is 153 Å². The van der Waals surface area contributed by atoms with Crippen LogP contribution in [0.1, 0.15) is 45.7 Å². The molecule has 0 amide bonds. The predicted molar refractivity (Wildman–Crippen MR) is 105 cm³/mol. The minimum Gasteiger partial charge on any atom is -0.487 e. The van der Waals surface area contributed by atoms with E-state index in [4.69, 9.17) is 13.9 Å². The van der Waals surface area contributed by atoms with Crippen LogP contribution >= 0.6 is 0 Å². The van der Waals surface area contributed by atoms with E-state index in [0.29, 0.717) is 19.8 Å². The molecule has 5 heteroatoms. The number of esters is 1. The maximum absolute atomic E-state index is 11.9. The summed E-state index contributed by atoms with van der Waals surface area (Å²) in [6.07, 6.45) is 1.71. The highest BCUT2D eigenvalue weighted by molar-refractivity contribution is 6.74. The van der Waals surface area contributed by atoms with E-state index in [2.05, 4.69) is 33.9 Å². The molecule has 0 unspecified atom stereocenters. The molecule has 0 saturated carbocycles. The van der Waals surface area contributed by atoms with Gasteiger partial charge in [-0.15, -0.1) is 0 Å². The van der Waals surface area contributed by atoms with Crippen LogP contribution in [0.3, 0.4) is 0 Å². The second-order valence-corrected chi connectivity index (χ2v) is 12.3. The lowest BCUT2D eigenvalue weighted by Gasteiger charge is -2.36. The average Bonchev–Trinajstić information content (AvgIpc) is 2.53. The SMILES string of the molecule is CCOC(=O)C(=Cc1ccc(CO[Si](C)(C)C(C)(C)C)cc1)OCC. The molecule has 25 heavy (non-hydrogen) atoms. The molecule has 0 N–H and O–H groups in total. The van der Waals surface area contributed by atoms with Gasteiger partial charge in [0.25, 0.3) is 0 Å². The molecular formula is C20H32O4Si. The molecule has 1 aromatic carbocycles. The highest BCUT2D eigenvalue weighted by Crippen LogP contribution is 2.37. The predicted octanol–water partition coefficient (Wildman–Crippen LogP) is 5.15. The van der Waals surface area contributed by atoms with Gasteiger partial charge in [0.1, 0.15) is 0 Å². The van der Waals surface area contributed by atoms with Crippen molar-refractivity contribution in [2.45, 2.75) is 59.4 Å². The summed E-state index contributed by atoms with van der Waals surface area (Å²) in [7, 11) is -1.76. The molecule has 0 aliphatic rings. The molecule has 0 heterocycles. The summed E-state index contributed by atoms with van der Waals surface area (Å²) in [5, 5.41) is 0.196. The van der Waals surface area contributed by atoms with Crippen molar-refractivity contribution in [1.29, 1.82) is 0 Å². The van der Waals surface area contributed by atoms with Crippen LogP contribution in [0.2, 0.25) is 18.1 Å². The van der Waals surface area contributed by atoms with Gasteiger partial charge in [-0.3, -0.25) is 0 Å². The molecule has 0 aliphatic heterocycles. The highest BCUT2D eigenvalue weighted by atomic mass is 28.4. The van der Waals surface area contributed by atoms with Crippen LogP contribution in [0.4, 0.5) is 0 Å². The third-order valence-electron chi connectivity index (χ3n) is 4.46. The molecular weight excluding hydrogens is 332 g/mol. The summed E-state index contributed by atoms with van der Waals surface area (Å²) in [5.41, 5.74) is 2.02. The van der Waals surface area contributed by atoms with E-state index >= 15 is 0 Å². The number of ether oxygens (including phenoxy) is 2. The molecule has 1 aromatic rings. The van der Waals surface area contributed by atoms with E-state index in [1.54, 1.807) is 13.0 Å². The van der Waals surface area contributed by atoms with Crippen molar-refractivity contribution in [2.24, 2.45) is 0 Å². The minimum absolute atomic E-state index is 0.196. The van der Waals surface area contributed by atoms with E-state index in [1.807, 2.05) is 31.2 Å². The molecule has 0 atom stereocenters. The number of hydrogen-bond acceptors (Lipinski definition) is 4. The summed E-state index contributed by atoms with van der Waals surface area (Å²) in [6.45, 7) is 16.2. The molecule has 0 spiro atoms. The molecule has 140 valence electrons. The number of carbonyl (C=O) groups is 1. The summed E-state index contributed by atoms with van der Waals surface area (Å²) in [5.74, 6) is -0.204. The van der Waals surface area contributed by atoms with Gasteiger partial charge >= 0.3 is 5.97 Å². The second-order valence-electron chi connectivity index (χ2n) is 7.45. The normalized spacial score (nSPS) is 12.8. The molecule has 0 radical (unpaired) electrons. The smallest absolute Gasteiger partial charge is 0.373 e. The average molecular weight is 365 g/mol. The van der Waals surface area contributed by atoms with Gasteiger partial charge < -0.3 is 13.9 Å². The fourth-order valence-electron chi connectivity index (χ4n) is 1.86. The maximum Gasteiger partial charge on any atom is 0.373 e. The molecule has 1 rings (SSSR count). The van der Waals surface area contributed by atoms with Crippen molar-refractivity contribution in [3.63, 3.8) is 0 Å². The molecule has 0 fully saturated rings. The van der Waals surface area contributed by atoms with Gasteiger partial charge in [-0.2, -0.15) is 0 Å². The van der Waals surface area contributed by atoms with E-state index in [1.165, 1.54) is 0 Å². The van der Waals surface area contributed by atoms with Crippen LogP contribution in [0.15, 0.2) is 30.0 Å². The zero-order chi connectivity index (χ0) is 19.1. The van der Waals surface area contributed by atoms with Crippen LogP contribution in [-0.4, -0.2) is 27.5 Å². The molecule has 0 aromatic heterocycles. The third-order valence-corrected chi connectivity index (χ3v) is 8.94. The van der Waals surface area contributed by atoms with Crippen molar-refractivity contribution in [2.75, 3.05) is 13.2 Å². The lowest BCUT2D eigenvalue weighted by atomic mass is 10.1. The van der Waals surface area contributed by atoms with Crippen LogP contribution in [-0.2, 0) is 25.3 Å². The van der Waals surface area contributed by atoms with Gasteiger partial charge in [0, 0.05) is 0 Å². The van der Waals surface area contributed by atoms with E-state index in [9.17, 15) is 4.79 Å². The molecule has 0 saturated heterocycles. The van der Waals surface area contributed by atoms with Crippen molar-refractivity contribution >= 4 is 20.4 Å². The van der Waals surface area contributed by atoms with Crippen LogP contribution < -0.4 is 0 Å². The number of carbonyl (C=O) groups excluding carboxylic acids is 1. The minimum atomic E-state index is -1.76. The Morgan fingerprint density at radius 1 is 1.04 bits per heavy atom. The zero-order valence-corrected chi connectivity index (χ0v) is 17.6. The van der Waals surface area contributed by atoms with E-state index in [-0.39, 0.29) is 10.8 Å². The van der Waals surface area contributed by atoms with Gasteiger partial charge in [0.15, 0.2) is 8.32 Å². The van der Waals surface area contributed by atoms with Crippen molar-refractivity contribution in [1.82, 2.24) is 0 Å². The van der Waals surface area contributed by atoms with Gasteiger partial charge in [-0.25, -0.2) is 4.79 Å². The molecule has 4 nitrogen and oxygen atoms in total. The Morgan fingerprint density at radius 2 is 1.60 bits per heavy atom. The summed E-state index contributed by atoms with van der Waals surface area (Å²) < 4.78 is 16.6. The fourth-order valence-corrected chi connectivity index (χ4v) is 2.82. The molecule has 0 aliphatic carbocycles. The first-order valence-corrected chi connectivity index (χ1v) is 11.8. The lowest BCUT2D eigenvalue weighted by molar-refractivity contribution is -0.142. The monoisotopic (exact) mass is 364 g/mol. The van der Waals surface area contributed by atoms with Gasteiger partial charge in [0.2, 0.25) is 5.76 Å². The highest BCUT2D eigenvalue weighted by Gasteiger charge is 2.36. The number of benzene rings is 1.